The van der Waals surface area contributed by atoms with Crippen LogP contribution in [0.5, 0.6) is 0 Å². The summed E-state index contributed by atoms with van der Waals surface area (Å²) in [7, 11) is 1.57. The van der Waals surface area contributed by atoms with Crippen LogP contribution in [0.4, 0.5) is 0 Å². The van der Waals surface area contributed by atoms with Gasteiger partial charge in [0.2, 0.25) is 0 Å². The van der Waals surface area contributed by atoms with Crippen LogP contribution >= 0.6 is 0 Å². The lowest BCUT2D eigenvalue weighted by Gasteiger charge is -2.51. The zero-order chi connectivity index (χ0) is 21.2. The van der Waals surface area contributed by atoms with Crippen molar-refractivity contribution in [3.8, 4) is 0 Å². The van der Waals surface area contributed by atoms with Crippen molar-refractivity contribution in [2.24, 2.45) is 17.3 Å². The van der Waals surface area contributed by atoms with Crippen LogP contribution in [0.3, 0.4) is 0 Å². The summed E-state index contributed by atoms with van der Waals surface area (Å²) in [5.74, 6) is -0.862. The number of aliphatic hydroxyl groups is 3. The molecule has 1 aliphatic rings. The van der Waals surface area contributed by atoms with Gasteiger partial charge < -0.3 is 30.5 Å². The molecule has 0 amide bonds. The van der Waals surface area contributed by atoms with E-state index in [0.717, 1.165) is 0 Å². The Morgan fingerprint density at radius 3 is 2.27 bits per heavy atom. The normalized spacial score (nSPS) is 33.2. The number of nitrogens with one attached hydrogen (secondary N) is 1. The van der Waals surface area contributed by atoms with E-state index in [2.05, 4.69) is 5.32 Å². The first kappa shape index (κ1) is 21.6. The first-order valence-electron chi connectivity index (χ1n) is 9.99. The molecule has 154 valence electrons. The average molecular weight is 377 g/mol. The van der Waals surface area contributed by atoms with E-state index in [1.807, 2.05) is 34.6 Å². The lowest BCUT2D eigenvalue weighted by Crippen LogP contribution is -2.66. The third kappa shape index (κ3) is 4.39. The van der Waals surface area contributed by atoms with Gasteiger partial charge in [0.15, 0.2) is 5.60 Å². The fraction of sp³-hybridized carbons (Fsp3) is 0.947. The second-order valence-electron chi connectivity index (χ2n) is 8.52. The maximum Gasteiger partial charge on any atom is 0.336 e. The number of likely N-dealkylation sites (N-methyl/N-ethyl adjacent to an activating group) is 1. The van der Waals surface area contributed by atoms with E-state index in [1.54, 1.807) is 7.05 Å². The predicted octanol–water partition coefficient (Wildman–Crippen LogP) is 0.998. The number of rotatable bonds is 8. The largest absolute Gasteiger partial charge is 0.479 e. The minimum atomic E-state index is -1.69. The smallest absolute Gasteiger partial charge is 0.336 e. The van der Waals surface area contributed by atoms with Crippen LogP contribution in [0.15, 0.2) is 0 Å². The van der Waals surface area contributed by atoms with Gasteiger partial charge in [-0.25, -0.2) is 4.79 Å². The molecule has 7 nitrogen and oxygen atoms in total. The summed E-state index contributed by atoms with van der Waals surface area (Å²) in [5, 5.41) is 43.9. The van der Waals surface area contributed by atoms with Crippen molar-refractivity contribution in [2.45, 2.75) is 90.4 Å². The average Bonchev–Trinajstić information content (AvgIpc) is 2.59. The van der Waals surface area contributed by atoms with Gasteiger partial charge >= 0.3 is 5.97 Å². The first-order valence-corrected chi connectivity index (χ1v) is 9.28. The first-order chi connectivity index (χ1) is 12.4. The maximum absolute atomic E-state index is 12.3. The van der Waals surface area contributed by atoms with Crippen LogP contribution < -0.4 is 5.32 Å². The molecule has 6 atom stereocenters. The van der Waals surface area contributed by atoms with Gasteiger partial charge in [-0.2, -0.15) is 0 Å². The molecule has 0 saturated carbocycles. The Kier molecular flexibility index (Phi) is 7.07. The molecule has 0 radical (unpaired) electrons. The standard InChI is InChI=1S/C19H37NO6/c1-10(2)18(6,11(3)4)9-19(17(24)25)8-13(22)14(20-7)16(26-19)15(23)12(5)21/h10-16,20-23H,8-9H2,1-7H3,(H,24,25)/i5D. The molecular weight excluding hydrogens is 338 g/mol. The van der Waals surface area contributed by atoms with Gasteiger partial charge in [-0.3, -0.25) is 0 Å². The van der Waals surface area contributed by atoms with Crippen LogP contribution in [0.1, 0.15) is 55.7 Å². The molecule has 1 fully saturated rings. The molecule has 0 aromatic rings. The van der Waals surface area contributed by atoms with Gasteiger partial charge in [-0.1, -0.05) is 34.6 Å². The molecule has 0 aliphatic carbocycles. The summed E-state index contributed by atoms with van der Waals surface area (Å²) in [6.07, 6.45) is -5.08. The van der Waals surface area contributed by atoms with Gasteiger partial charge in [0.05, 0.1) is 18.2 Å². The Labute approximate surface area is 158 Å². The van der Waals surface area contributed by atoms with Crippen molar-refractivity contribution in [1.82, 2.24) is 5.32 Å². The monoisotopic (exact) mass is 376 g/mol. The molecule has 1 heterocycles. The number of carboxylic acid groups (broad SMARTS) is 1. The van der Waals surface area contributed by atoms with Crippen LogP contribution in [-0.2, 0) is 9.53 Å². The summed E-state index contributed by atoms with van der Waals surface area (Å²) < 4.78 is 13.3. The van der Waals surface area contributed by atoms with Crippen molar-refractivity contribution >= 4 is 5.97 Å². The zero-order valence-electron chi connectivity index (χ0n) is 17.8. The number of aliphatic hydroxyl groups excluding tert-OH is 3. The van der Waals surface area contributed by atoms with Gasteiger partial charge in [0, 0.05) is 7.79 Å². The lowest BCUT2D eigenvalue weighted by molar-refractivity contribution is -0.237. The molecule has 1 rings (SSSR count). The number of hydrogen-bond acceptors (Lipinski definition) is 6. The topological polar surface area (TPSA) is 119 Å². The molecular formula is C19H37NO6. The van der Waals surface area contributed by atoms with E-state index in [0.29, 0.717) is 0 Å². The van der Waals surface area contributed by atoms with Crippen molar-refractivity contribution in [3.63, 3.8) is 0 Å². The fourth-order valence-corrected chi connectivity index (χ4v) is 3.94. The quantitative estimate of drug-likeness (QED) is 0.429. The second-order valence-corrected chi connectivity index (χ2v) is 8.52. The highest BCUT2D eigenvalue weighted by Crippen LogP contribution is 2.47. The van der Waals surface area contributed by atoms with E-state index in [1.165, 1.54) is 0 Å². The number of carboxylic acids is 1. The molecule has 0 aromatic heterocycles. The Morgan fingerprint density at radius 1 is 1.35 bits per heavy atom. The molecule has 1 saturated heterocycles. The number of hydrogen-bond donors (Lipinski definition) is 5. The summed E-state index contributed by atoms with van der Waals surface area (Å²) in [4.78, 5) is 12.3. The number of aliphatic carboxylic acids is 1. The zero-order valence-corrected chi connectivity index (χ0v) is 16.8. The van der Waals surface area contributed by atoms with Crippen molar-refractivity contribution in [2.75, 3.05) is 7.05 Å². The van der Waals surface area contributed by atoms with Gasteiger partial charge in [-0.15, -0.1) is 0 Å². The third-order valence-corrected chi connectivity index (χ3v) is 6.43. The van der Waals surface area contributed by atoms with Crippen LogP contribution in [0.2, 0.25) is 0 Å². The molecule has 0 spiro atoms. The van der Waals surface area contributed by atoms with E-state index in [-0.39, 0.29) is 30.1 Å². The van der Waals surface area contributed by atoms with Gasteiger partial charge in [0.25, 0.3) is 0 Å². The third-order valence-electron chi connectivity index (χ3n) is 6.43. The predicted molar refractivity (Wildman–Crippen MR) is 98.8 cm³/mol. The number of carbonyl (C=O) groups is 1. The van der Waals surface area contributed by atoms with Crippen LogP contribution in [0.25, 0.3) is 0 Å². The summed E-state index contributed by atoms with van der Waals surface area (Å²) >= 11 is 0. The minimum Gasteiger partial charge on any atom is -0.479 e. The van der Waals surface area contributed by atoms with Crippen LogP contribution in [0, 0.1) is 17.3 Å². The van der Waals surface area contributed by atoms with Crippen molar-refractivity contribution in [3.05, 3.63) is 0 Å². The SMILES string of the molecule is [2H]CC(O)C(O)C1OC(CC(C)(C(C)C)C(C)C)(C(=O)O)CC(O)C1NC. The van der Waals surface area contributed by atoms with E-state index in [9.17, 15) is 25.2 Å². The minimum absolute atomic E-state index is 0.122. The summed E-state index contributed by atoms with van der Waals surface area (Å²) in [6, 6.07) is -0.752. The number of ether oxygens (including phenoxy) is 1. The van der Waals surface area contributed by atoms with Gasteiger partial charge in [-0.05, 0) is 37.6 Å². The lowest BCUT2D eigenvalue weighted by atomic mass is 9.63. The van der Waals surface area contributed by atoms with E-state index >= 15 is 0 Å². The van der Waals surface area contributed by atoms with Crippen molar-refractivity contribution < 1.29 is 31.3 Å². The molecule has 7 heteroatoms. The highest BCUT2D eigenvalue weighted by Gasteiger charge is 2.56. The molecule has 0 aromatic carbocycles. The highest BCUT2D eigenvalue weighted by molar-refractivity contribution is 5.78. The van der Waals surface area contributed by atoms with Crippen LogP contribution in [-0.4, -0.2) is 69.5 Å². The van der Waals surface area contributed by atoms with E-state index in [4.69, 9.17) is 6.11 Å². The highest BCUT2D eigenvalue weighted by atomic mass is 16.6. The molecule has 5 N–H and O–H groups in total. The van der Waals surface area contributed by atoms with Gasteiger partial charge in [0.1, 0.15) is 12.2 Å². The molecule has 6 unspecified atom stereocenters. The molecule has 1 aliphatic heterocycles. The Hall–Kier alpha value is -0.730. The maximum atomic E-state index is 12.3. The fourth-order valence-electron chi connectivity index (χ4n) is 3.94. The van der Waals surface area contributed by atoms with E-state index < -0.39 is 48.9 Å². The Balaban J connectivity index is 3.35. The second kappa shape index (κ2) is 8.52. The summed E-state index contributed by atoms with van der Waals surface area (Å²) in [6.45, 7) is 9.67. The Morgan fingerprint density at radius 2 is 1.88 bits per heavy atom. The molecule has 26 heavy (non-hydrogen) atoms. The molecule has 0 bridgehead atoms. The Bertz CT molecular complexity index is 495. The summed E-state index contributed by atoms with van der Waals surface area (Å²) in [5.41, 5.74) is -2.07. The van der Waals surface area contributed by atoms with Crippen molar-refractivity contribution in [1.29, 1.82) is 0 Å².